The zero-order valence-electron chi connectivity index (χ0n) is 11.8. The van der Waals surface area contributed by atoms with E-state index < -0.39 is 0 Å². The molecule has 0 aliphatic rings. The highest BCUT2D eigenvalue weighted by Crippen LogP contribution is 2.35. The van der Waals surface area contributed by atoms with Crippen molar-refractivity contribution in [3.8, 4) is 11.3 Å². The number of isothiocyanates is 1. The number of furan rings is 1. The van der Waals surface area contributed by atoms with Crippen LogP contribution in [0.4, 0.5) is 11.4 Å². The zero-order chi connectivity index (χ0) is 14.8. The summed E-state index contributed by atoms with van der Waals surface area (Å²) in [6.45, 7) is 0. The van der Waals surface area contributed by atoms with Crippen molar-refractivity contribution in [3.63, 3.8) is 0 Å². The summed E-state index contributed by atoms with van der Waals surface area (Å²) >= 11 is 4.70. The van der Waals surface area contributed by atoms with Crippen LogP contribution in [-0.4, -0.2) is 19.3 Å². The molecule has 0 bridgehead atoms. The second-order valence-corrected chi connectivity index (χ2v) is 5.13. The number of nitrogens with zero attached hydrogens (tertiary/aromatic N) is 2. The molecule has 0 unspecified atom stereocenters. The predicted molar refractivity (Wildman–Crippen MR) is 90.7 cm³/mol. The predicted octanol–water partition coefficient (Wildman–Crippen LogP) is 4.90. The van der Waals surface area contributed by atoms with Crippen LogP contribution in [0.1, 0.15) is 0 Å². The minimum absolute atomic E-state index is 0.763. The van der Waals surface area contributed by atoms with E-state index in [0.29, 0.717) is 0 Å². The van der Waals surface area contributed by atoms with Gasteiger partial charge >= 0.3 is 0 Å². The zero-order valence-corrected chi connectivity index (χ0v) is 12.6. The monoisotopic (exact) mass is 294 g/mol. The molecule has 2 aromatic carbocycles. The van der Waals surface area contributed by atoms with E-state index in [0.717, 1.165) is 33.7 Å². The van der Waals surface area contributed by atoms with Gasteiger partial charge in [0.15, 0.2) is 0 Å². The molecular weight excluding hydrogens is 280 g/mol. The molecule has 3 nitrogen and oxygen atoms in total. The quantitative estimate of drug-likeness (QED) is 0.508. The van der Waals surface area contributed by atoms with E-state index in [4.69, 9.17) is 16.6 Å². The number of hydrogen-bond donors (Lipinski definition) is 0. The molecule has 3 rings (SSSR count). The molecule has 4 heteroatoms. The highest BCUT2D eigenvalue weighted by molar-refractivity contribution is 7.78. The lowest BCUT2D eigenvalue weighted by molar-refractivity contribution is 0.631. The van der Waals surface area contributed by atoms with Gasteiger partial charge in [0.1, 0.15) is 11.3 Å². The maximum atomic E-state index is 5.98. The van der Waals surface area contributed by atoms with Gasteiger partial charge in [-0.05, 0) is 42.5 Å². The van der Waals surface area contributed by atoms with Crippen molar-refractivity contribution in [3.05, 3.63) is 48.5 Å². The fraction of sp³-hybridized carbons (Fsp3) is 0.118. The minimum Gasteiger partial charge on any atom is -0.456 e. The molecule has 1 aromatic heterocycles. The molecule has 21 heavy (non-hydrogen) atoms. The van der Waals surface area contributed by atoms with Crippen LogP contribution in [0.2, 0.25) is 0 Å². The summed E-state index contributed by atoms with van der Waals surface area (Å²) in [6, 6.07) is 15.9. The Balaban J connectivity index is 2.15. The lowest BCUT2D eigenvalue weighted by Crippen LogP contribution is -2.07. The van der Waals surface area contributed by atoms with Crippen LogP contribution < -0.4 is 4.90 Å². The summed E-state index contributed by atoms with van der Waals surface area (Å²) in [5, 5.41) is 3.48. The number of fused-ring (bicyclic) bond motifs is 1. The molecule has 0 fully saturated rings. The van der Waals surface area contributed by atoms with Gasteiger partial charge in [-0.1, -0.05) is 12.1 Å². The first-order chi connectivity index (χ1) is 10.2. The van der Waals surface area contributed by atoms with Crippen LogP contribution in [0.5, 0.6) is 0 Å². The smallest absolute Gasteiger partial charge is 0.137 e. The van der Waals surface area contributed by atoms with Gasteiger partial charge in [-0.25, -0.2) is 0 Å². The number of hydrogen-bond acceptors (Lipinski definition) is 4. The van der Waals surface area contributed by atoms with E-state index in [2.05, 4.69) is 22.3 Å². The van der Waals surface area contributed by atoms with E-state index in [-0.39, 0.29) is 0 Å². The second-order valence-electron chi connectivity index (χ2n) is 4.95. The molecule has 1 heterocycles. The first-order valence-corrected chi connectivity index (χ1v) is 6.98. The third kappa shape index (κ3) is 2.59. The topological polar surface area (TPSA) is 28.7 Å². The number of benzene rings is 2. The van der Waals surface area contributed by atoms with Crippen molar-refractivity contribution in [1.82, 2.24) is 0 Å². The van der Waals surface area contributed by atoms with Gasteiger partial charge in [0.25, 0.3) is 0 Å². The van der Waals surface area contributed by atoms with Crippen LogP contribution in [0.15, 0.2) is 57.9 Å². The summed E-state index contributed by atoms with van der Waals surface area (Å²) < 4.78 is 5.98. The van der Waals surface area contributed by atoms with E-state index in [1.165, 1.54) is 0 Å². The Morgan fingerprint density at radius 3 is 2.67 bits per heavy atom. The van der Waals surface area contributed by atoms with E-state index >= 15 is 0 Å². The largest absolute Gasteiger partial charge is 0.456 e. The van der Waals surface area contributed by atoms with Crippen molar-refractivity contribution in [2.24, 2.45) is 4.99 Å². The van der Waals surface area contributed by atoms with Gasteiger partial charge in [0.2, 0.25) is 0 Å². The number of aliphatic imine (C=N–C) groups is 1. The standard InChI is InChI=1S/C17H14N2OS/c1-19(2)13-8-7-12-9-17(20-16(12)10-13)14-5-3-4-6-15(14)18-11-21/h3-10H,1-2H3. The second kappa shape index (κ2) is 5.52. The van der Waals surface area contributed by atoms with Crippen LogP contribution in [0, 0.1) is 0 Å². The summed E-state index contributed by atoms with van der Waals surface area (Å²) in [7, 11) is 4.02. The normalized spacial score (nSPS) is 10.4. The van der Waals surface area contributed by atoms with Crippen molar-refractivity contribution in [2.45, 2.75) is 0 Å². The molecule has 0 radical (unpaired) electrons. The molecule has 0 spiro atoms. The summed E-state index contributed by atoms with van der Waals surface area (Å²) in [6.07, 6.45) is 0. The molecule has 0 aliphatic heterocycles. The van der Waals surface area contributed by atoms with Gasteiger partial charge in [0, 0.05) is 36.8 Å². The van der Waals surface area contributed by atoms with Gasteiger partial charge in [-0.3, -0.25) is 0 Å². The van der Waals surface area contributed by atoms with E-state index in [1.54, 1.807) is 0 Å². The lowest BCUT2D eigenvalue weighted by atomic mass is 10.1. The Morgan fingerprint density at radius 1 is 1.10 bits per heavy atom. The van der Waals surface area contributed by atoms with Gasteiger partial charge in [0.05, 0.1) is 10.8 Å². The molecule has 0 saturated heterocycles. The van der Waals surface area contributed by atoms with Crippen molar-refractivity contribution < 1.29 is 4.42 Å². The highest BCUT2D eigenvalue weighted by Gasteiger charge is 2.10. The first-order valence-electron chi connectivity index (χ1n) is 6.57. The molecule has 0 N–H and O–H groups in total. The van der Waals surface area contributed by atoms with Crippen LogP contribution in [0.25, 0.3) is 22.3 Å². The summed E-state index contributed by atoms with van der Waals surface area (Å²) in [4.78, 5) is 6.14. The van der Waals surface area contributed by atoms with Crippen molar-refractivity contribution in [1.29, 1.82) is 0 Å². The number of anilines is 1. The van der Waals surface area contributed by atoms with Crippen LogP contribution >= 0.6 is 12.2 Å². The third-order valence-electron chi connectivity index (χ3n) is 3.36. The Morgan fingerprint density at radius 2 is 1.90 bits per heavy atom. The van der Waals surface area contributed by atoms with Gasteiger partial charge in [-0.2, -0.15) is 4.99 Å². The average molecular weight is 294 g/mol. The molecule has 104 valence electrons. The van der Waals surface area contributed by atoms with Crippen molar-refractivity contribution in [2.75, 3.05) is 19.0 Å². The van der Waals surface area contributed by atoms with Gasteiger partial charge < -0.3 is 9.32 Å². The van der Waals surface area contributed by atoms with Crippen molar-refractivity contribution >= 4 is 39.7 Å². The summed E-state index contributed by atoms with van der Waals surface area (Å²) in [5.41, 5.74) is 3.64. The Labute approximate surface area is 128 Å². The molecule has 0 amide bonds. The Bertz CT molecular complexity index is 845. The Kier molecular flexibility index (Phi) is 3.57. The third-order valence-corrected chi connectivity index (χ3v) is 3.45. The number of thiocarbonyl (C=S) groups is 1. The number of rotatable bonds is 3. The fourth-order valence-corrected chi connectivity index (χ4v) is 2.36. The van der Waals surface area contributed by atoms with Crippen LogP contribution in [-0.2, 0) is 0 Å². The van der Waals surface area contributed by atoms with E-state index in [1.807, 2.05) is 55.4 Å². The molecule has 3 aromatic rings. The van der Waals surface area contributed by atoms with Crippen LogP contribution in [0.3, 0.4) is 0 Å². The highest BCUT2D eigenvalue weighted by atomic mass is 32.1. The summed E-state index contributed by atoms with van der Waals surface area (Å²) in [5.74, 6) is 0.783. The molecule has 0 atom stereocenters. The maximum Gasteiger partial charge on any atom is 0.137 e. The lowest BCUT2D eigenvalue weighted by Gasteiger charge is -2.11. The maximum absolute atomic E-state index is 5.98. The number of para-hydroxylation sites is 1. The SMILES string of the molecule is CN(C)c1ccc2cc(-c3ccccc3N=C=S)oc2c1. The fourth-order valence-electron chi connectivity index (χ4n) is 2.26. The molecular formula is C17H14N2OS. The van der Waals surface area contributed by atoms with E-state index in [9.17, 15) is 0 Å². The Hall–Kier alpha value is -2.42. The van der Waals surface area contributed by atoms with Gasteiger partial charge in [-0.15, -0.1) is 0 Å². The first kappa shape index (κ1) is 13.6. The molecule has 0 saturated carbocycles. The average Bonchev–Trinajstić information content (AvgIpc) is 2.90. The minimum atomic E-state index is 0.763. The molecule has 0 aliphatic carbocycles.